The second-order valence-electron chi connectivity index (χ2n) is 5.57. The van der Waals surface area contributed by atoms with E-state index in [2.05, 4.69) is 4.98 Å². The SMILES string of the molecule is CCC[C@]1(C(=O)O)CCN(c2ncccc2C)C[C@@H]1O. The third-order valence-electron chi connectivity index (χ3n) is 4.26. The first-order valence-electron chi connectivity index (χ1n) is 7.09. The van der Waals surface area contributed by atoms with Crippen LogP contribution in [0.5, 0.6) is 0 Å². The molecule has 5 nitrogen and oxygen atoms in total. The molecule has 0 aliphatic carbocycles. The monoisotopic (exact) mass is 278 g/mol. The van der Waals surface area contributed by atoms with Crippen molar-refractivity contribution in [3.8, 4) is 0 Å². The second kappa shape index (κ2) is 5.79. The van der Waals surface area contributed by atoms with Gasteiger partial charge in [-0.05, 0) is 31.4 Å². The van der Waals surface area contributed by atoms with E-state index in [4.69, 9.17) is 0 Å². The number of nitrogens with zero attached hydrogens (tertiary/aromatic N) is 2. The number of carbonyl (C=O) groups is 1. The summed E-state index contributed by atoms with van der Waals surface area (Å²) in [5.74, 6) is -0.0497. The molecule has 5 heteroatoms. The quantitative estimate of drug-likeness (QED) is 0.879. The summed E-state index contributed by atoms with van der Waals surface area (Å²) < 4.78 is 0. The van der Waals surface area contributed by atoms with Gasteiger partial charge in [-0.1, -0.05) is 19.4 Å². The normalized spacial score (nSPS) is 26.6. The van der Waals surface area contributed by atoms with E-state index in [0.29, 0.717) is 25.9 Å². The summed E-state index contributed by atoms with van der Waals surface area (Å²) in [6.07, 6.45) is 2.58. The van der Waals surface area contributed by atoms with Gasteiger partial charge in [-0.25, -0.2) is 4.98 Å². The minimum absolute atomic E-state index is 0.324. The van der Waals surface area contributed by atoms with E-state index in [1.54, 1.807) is 6.20 Å². The third kappa shape index (κ3) is 2.50. The van der Waals surface area contributed by atoms with Crippen molar-refractivity contribution in [1.82, 2.24) is 4.98 Å². The Morgan fingerprint density at radius 2 is 2.35 bits per heavy atom. The molecule has 2 heterocycles. The highest BCUT2D eigenvalue weighted by Gasteiger charge is 2.48. The average Bonchev–Trinajstić information content (AvgIpc) is 2.41. The number of aromatic nitrogens is 1. The van der Waals surface area contributed by atoms with Gasteiger partial charge in [0.25, 0.3) is 0 Å². The summed E-state index contributed by atoms with van der Waals surface area (Å²) in [4.78, 5) is 17.9. The van der Waals surface area contributed by atoms with Gasteiger partial charge >= 0.3 is 5.97 Å². The summed E-state index contributed by atoms with van der Waals surface area (Å²) >= 11 is 0. The zero-order valence-corrected chi connectivity index (χ0v) is 12.0. The van der Waals surface area contributed by atoms with Crippen LogP contribution < -0.4 is 4.90 Å². The number of carboxylic acid groups (broad SMARTS) is 1. The highest BCUT2D eigenvalue weighted by atomic mass is 16.4. The Hall–Kier alpha value is -1.62. The van der Waals surface area contributed by atoms with E-state index in [-0.39, 0.29) is 0 Å². The van der Waals surface area contributed by atoms with Gasteiger partial charge in [0.2, 0.25) is 0 Å². The molecule has 0 saturated carbocycles. The molecule has 2 atom stereocenters. The molecular formula is C15H22N2O3. The number of aliphatic hydroxyl groups excluding tert-OH is 1. The number of hydrogen-bond donors (Lipinski definition) is 2. The molecule has 0 unspecified atom stereocenters. The molecule has 2 rings (SSSR count). The average molecular weight is 278 g/mol. The van der Waals surface area contributed by atoms with Gasteiger partial charge in [0.15, 0.2) is 0 Å². The predicted molar refractivity (Wildman–Crippen MR) is 76.8 cm³/mol. The number of aliphatic carboxylic acids is 1. The molecule has 1 aromatic rings. The van der Waals surface area contributed by atoms with E-state index in [1.165, 1.54) is 0 Å². The zero-order valence-electron chi connectivity index (χ0n) is 12.0. The molecular weight excluding hydrogens is 256 g/mol. The number of rotatable bonds is 4. The van der Waals surface area contributed by atoms with Crippen molar-refractivity contribution in [2.45, 2.75) is 39.2 Å². The summed E-state index contributed by atoms with van der Waals surface area (Å²) in [7, 11) is 0. The van der Waals surface area contributed by atoms with E-state index in [0.717, 1.165) is 17.8 Å². The summed E-state index contributed by atoms with van der Waals surface area (Å²) in [6.45, 7) is 4.86. The minimum atomic E-state index is -1.01. The van der Waals surface area contributed by atoms with Crippen LogP contribution in [-0.4, -0.2) is 40.4 Å². The topological polar surface area (TPSA) is 73.7 Å². The van der Waals surface area contributed by atoms with Gasteiger partial charge in [0, 0.05) is 19.3 Å². The number of pyridine rings is 1. The Bertz CT molecular complexity index is 492. The molecule has 0 amide bonds. The van der Waals surface area contributed by atoms with Crippen LogP contribution in [0.2, 0.25) is 0 Å². The fourth-order valence-corrected chi connectivity index (χ4v) is 3.07. The molecule has 110 valence electrons. The molecule has 0 spiro atoms. The smallest absolute Gasteiger partial charge is 0.312 e. The Kier molecular flexibility index (Phi) is 4.28. The lowest BCUT2D eigenvalue weighted by atomic mass is 9.73. The number of β-amino-alcohol motifs (C(OH)–C–C–N with tert-alkyl or cyclic N) is 1. The van der Waals surface area contributed by atoms with Gasteiger partial charge in [0.1, 0.15) is 5.82 Å². The standard InChI is InChI=1S/C15H22N2O3/c1-3-6-15(14(19)20)7-9-17(10-12(15)18)13-11(2)5-4-8-16-13/h4-5,8,12,18H,3,6-7,9-10H2,1-2H3,(H,19,20)/t12-,15-/m0/s1. The molecule has 0 radical (unpaired) electrons. The molecule has 20 heavy (non-hydrogen) atoms. The van der Waals surface area contributed by atoms with Crippen LogP contribution in [0, 0.1) is 12.3 Å². The Labute approximate surface area is 119 Å². The van der Waals surface area contributed by atoms with Crippen LogP contribution in [0.3, 0.4) is 0 Å². The number of piperidine rings is 1. The number of hydrogen-bond acceptors (Lipinski definition) is 4. The molecule has 1 aliphatic heterocycles. The molecule has 1 aliphatic rings. The zero-order chi connectivity index (χ0) is 14.8. The number of aliphatic hydroxyl groups is 1. The summed E-state index contributed by atoms with van der Waals surface area (Å²) in [6, 6.07) is 3.84. The molecule has 0 aromatic carbocycles. The Morgan fingerprint density at radius 3 is 2.90 bits per heavy atom. The van der Waals surface area contributed by atoms with E-state index < -0.39 is 17.5 Å². The van der Waals surface area contributed by atoms with Gasteiger partial charge in [-0.15, -0.1) is 0 Å². The fourth-order valence-electron chi connectivity index (χ4n) is 3.07. The molecule has 0 bridgehead atoms. The maximum Gasteiger partial charge on any atom is 0.312 e. The van der Waals surface area contributed by atoms with Crippen LogP contribution in [-0.2, 0) is 4.79 Å². The number of carboxylic acids is 1. The van der Waals surface area contributed by atoms with Crippen molar-refractivity contribution >= 4 is 11.8 Å². The van der Waals surface area contributed by atoms with Gasteiger partial charge in [-0.2, -0.15) is 0 Å². The maximum atomic E-state index is 11.6. The first kappa shape index (κ1) is 14.8. The van der Waals surface area contributed by atoms with Gasteiger partial charge in [0.05, 0.1) is 11.5 Å². The number of aryl methyl sites for hydroxylation is 1. The molecule has 1 saturated heterocycles. The van der Waals surface area contributed by atoms with E-state index in [9.17, 15) is 15.0 Å². The highest BCUT2D eigenvalue weighted by Crippen LogP contribution is 2.38. The summed E-state index contributed by atoms with van der Waals surface area (Å²) in [5, 5.41) is 19.9. The van der Waals surface area contributed by atoms with E-state index >= 15 is 0 Å². The minimum Gasteiger partial charge on any atom is -0.481 e. The van der Waals surface area contributed by atoms with Gasteiger partial charge < -0.3 is 15.1 Å². The van der Waals surface area contributed by atoms with Crippen LogP contribution in [0.25, 0.3) is 0 Å². The number of anilines is 1. The van der Waals surface area contributed by atoms with Crippen molar-refractivity contribution in [2.24, 2.45) is 5.41 Å². The molecule has 1 aromatic heterocycles. The lowest BCUT2D eigenvalue weighted by molar-refractivity contribution is -0.159. The predicted octanol–water partition coefficient (Wildman–Crippen LogP) is 1.83. The van der Waals surface area contributed by atoms with Crippen LogP contribution in [0.15, 0.2) is 18.3 Å². The Morgan fingerprint density at radius 1 is 1.60 bits per heavy atom. The maximum absolute atomic E-state index is 11.6. The van der Waals surface area contributed by atoms with E-state index in [1.807, 2.05) is 30.9 Å². The van der Waals surface area contributed by atoms with Crippen molar-refractivity contribution in [1.29, 1.82) is 0 Å². The fraction of sp³-hybridized carbons (Fsp3) is 0.600. The first-order chi connectivity index (χ1) is 9.51. The van der Waals surface area contributed by atoms with Gasteiger partial charge in [-0.3, -0.25) is 4.79 Å². The second-order valence-corrected chi connectivity index (χ2v) is 5.57. The van der Waals surface area contributed by atoms with Crippen LogP contribution in [0.4, 0.5) is 5.82 Å². The third-order valence-corrected chi connectivity index (χ3v) is 4.26. The van der Waals surface area contributed by atoms with Crippen molar-refractivity contribution < 1.29 is 15.0 Å². The van der Waals surface area contributed by atoms with Crippen molar-refractivity contribution in [2.75, 3.05) is 18.0 Å². The Balaban J connectivity index is 2.20. The molecule has 1 fully saturated rings. The van der Waals surface area contributed by atoms with Crippen LogP contribution in [0.1, 0.15) is 31.7 Å². The van der Waals surface area contributed by atoms with Crippen molar-refractivity contribution in [3.63, 3.8) is 0 Å². The largest absolute Gasteiger partial charge is 0.481 e. The first-order valence-corrected chi connectivity index (χ1v) is 7.09. The highest BCUT2D eigenvalue weighted by molar-refractivity contribution is 5.76. The molecule has 2 N–H and O–H groups in total. The van der Waals surface area contributed by atoms with Crippen LogP contribution >= 0.6 is 0 Å². The lowest BCUT2D eigenvalue weighted by Gasteiger charge is -2.43. The summed E-state index contributed by atoms with van der Waals surface area (Å²) in [5.41, 5.74) is 0.0338. The van der Waals surface area contributed by atoms with Crippen molar-refractivity contribution in [3.05, 3.63) is 23.9 Å². The lowest BCUT2D eigenvalue weighted by Crippen LogP contribution is -2.55.